The van der Waals surface area contributed by atoms with Crippen LogP contribution < -0.4 is 0 Å². The van der Waals surface area contributed by atoms with Crippen LogP contribution >= 0.6 is 35.3 Å². The van der Waals surface area contributed by atoms with E-state index in [2.05, 4.69) is 12.2 Å². The molecule has 0 radical (unpaired) electrons. The molecule has 0 aromatic carbocycles. The Hall–Kier alpha value is -0.0000000000000000833. The second-order valence-electron chi connectivity index (χ2n) is 1.72. The van der Waals surface area contributed by atoms with Crippen LogP contribution in [0.25, 0.3) is 0 Å². The summed E-state index contributed by atoms with van der Waals surface area (Å²) in [7, 11) is 0. The van der Waals surface area contributed by atoms with Crippen molar-refractivity contribution in [2.24, 2.45) is 0 Å². The minimum Gasteiger partial charge on any atom is -0.204 e. The number of hydrogen-bond acceptors (Lipinski definition) is 3. The molecule has 60 valence electrons. The molecule has 1 aromatic rings. The van der Waals surface area contributed by atoms with Gasteiger partial charge in [-0.15, -0.1) is 23.1 Å². The zero-order valence-corrected chi connectivity index (χ0v) is 8.01. The highest BCUT2D eigenvalue weighted by atomic mass is 32.2. The zero-order valence-electron chi connectivity index (χ0n) is 5.56. The van der Waals surface area contributed by atoms with Gasteiger partial charge < -0.3 is 0 Å². The van der Waals surface area contributed by atoms with Crippen LogP contribution in [0.15, 0.2) is 9.59 Å². The van der Waals surface area contributed by atoms with E-state index in [-0.39, 0.29) is 4.51 Å². The van der Waals surface area contributed by atoms with Gasteiger partial charge in [0.2, 0.25) is 0 Å². The zero-order chi connectivity index (χ0) is 8.43. The number of rotatable bonds is 1. The Morgan fingerprint density at radius 3 is 2.73 bits per heavy atom. The molecule has 0 bridgehead atoms. The van der Waals surface area contributed by atoms with Gasteiger partial charge in [0.1, 0.15) is 4.51 Å². The summed E-state index contributed by atoms with van der Waals surface area (Å²) >= 11 is 6.75. The topological polar surface area (TPSA) is 0 Å². The van der Waals surface area contributed by atoms with Gasteiger partial charge in [-0.2, -0.15) is 0 Å². The van der Waals surface area contributed by atoms with Crippen molar-refractivity contribution in [1.82, 2.24) is 0 Å². The van der Waals surface area contributed by atoms with Gasteiger partial charge in [-0.05, 0) is 6.26 Å². The van der Waals surface area contributed by atoms with Crippen LogP contribution in [0.2, 0.25) is 0 Å². The highest BCUT2D eigenvalue weighted by molar-refractivity contribution is 8.00. The lowest BCUT2D eigenvalue weighted by Crippen LogP contribution is -1.82. The minimum absolute atomic E-state index is 0.312. The molecule has 0 atom stereocenters. The predicted octanol–water partition coefficient (Wildman–Crippen LogP) is 3.48. The van der Waals surface area contributed by atoms with E-state index >= 15 is 0 Å². The van der Waals surface area contributed by atoms with Crippen molar-refractivity contribution in [2.45, 2.75) is 4.21 Å². The lowest BCUT2D eigenvalue weighted by molar-refractivity contribution is 0.569. The lowest BCUT2D eigenvalue weighted by atomic mass is 10.5. The van der Waals surface area contributed by atoms with Gasteiger partial charge in [-0.3, -0.25) is 0 Å². The van der Waals surface area contributed by atoms with Crippen LogP contribution in [-0.2, 0) is 0 Å². The maximum atomic E-state index is 12.9. The number of thioether (sulfide) groups is 1. The molecule has 5 heteroatoms. The van der Waals surface area contributed by atoms with E-state index < -0.39 is 11.6 Å². The largest absolute Gasteiger partial charge is 0.204 e. The summed E-state index contributed by atoms with van der Waals surface area (Å²) in [5, 5.41) is 1.22. The maximum absolute atomic E-state index is 12.9. The van der Waals surface area contributed by atoms with Crippen LogP contribution in [0.1, 0.15) is 0 Å². The first kappa shape index (κ1) is 9.09. The molecule has 0 unspecified atom stereocenters. The summed E-state index contributed by atoms with van der Waals surface area (Å²) < 4.78 is 25.6. The van der Waals surface area contributed by atoms with Gasteiger partial charge >= 0.3 is 0 Å². The average Bonchev–Trinajstić information content (AvgIpc) is 2.01. The molecule has 0 N–H and O–H groups in total. The third-order valence-electron chi connectivity index (χ3n) is 1.05. The molecule has 1 aromatic heterocycles. The van der Waals surface area contributed by atoms with E-state index in [0.29, 0.717) is 4.21 Å². The van der Waals surface area contributed by atoms with E-state index in [1.54, 1.807) is 6.26 Å². The summed E-state index contributed by atoms with van der Waals surface area (Å²) in [6, 6.07) is 0. The molecule has 0 saturated heterocycles. The Kier molecular flexibility index (Phi) is 2.98. The molecule has 0 nitrogen and oxygen atoms in total. The van der Waals surface area contributed by atoms with Crippen molar-refractivity contribution in [1.29, 1.82) is 0 Å². The molecule has 11 heavy (non-hydrogen) atoms. The molecule has 0 amide bonds. The third-order valence-corrected chi connectivity index (χ3v) is 3.48. The fourth-order valence-corrected chi connectivity index (χ4v) is 2.25. The van der Waals surface area contributed by atoms with Crippen molar-refractivity contribution >= 4 is 35.3 Å². The van der Waals surface area contributed by atoms with Crippen molar-refractivity contribution < 1.29 is 8.78 Å². The first-order chi connectivity index (χ1) is 5.16. The minimum atomic E-state index is -0.653. The van der Waals surface area contributed by atoms with E-state index in [1.165, 1.54) is 17.1 Å². The Morgan fingerprint density at radius 2 is 2.18 bits per heavy atom. The van der Waals surface area contributed by atoms with Crippen LogP contribution in [-0.4, -0.2) is 6.26 Å². The summed E-state index contributed by atoms with van der Waals surface area (Å²) in [5.41, 5.74) is 0. The lowest BCUT2D eigenvalue weighted by Gasteiger charge is -1.96. The Labute approximate surface area is 76.3 Å². The SMILES string of the molecule is CSc1scc(F)c(=S)c1F. The summed E-state index contributed by atoms with van der Waals surface area (Å²) in [6.45, 7) is 0. The fraction of sp³-hybridized carbons (Fsp3) is 0.167. The van der Waals surface area contributed by atoms with Gasteiger partial charge in [0, 0.05) is 5.38 Å². The smallest absolute Gasteiger partial charge is 0.167 e. The molecule has 0 fully saturated rings. The van der Waals surface area contributed by atoms with Crippen molar-refractivity contribution in [2.75, 3.05) is 6.26 Å². The second kappa shape index (κ2) is 3.60. The van der Waals surface area contributed by atoms with E-state index in [1.807, 2.05) is 0 Å². The normalized spacial score (nSPS) is 10.1. The second-order valence-corrected chi connectivity index (χ2v) is 4.08. The maximum Gasteiger partial charge on any atom is 0.167 e. The monoisotopic (exact) mass is 210 g/mol. The fourth-order valence-electron chi connectivity index (χ4n) is 0.546. The van der Waals surface area contributed by atoms with Crippen LogP contribution in [0.3, 0.4) is 0 Å². The Balaban J connectivity index is 3.37. The molecule has 0 aliphatic heterocycles. The predicted molar refractivity (Wildman–Crippen MR) is 46.9 cm³/mol. The van der Waals surface area contributed by atoms with E-state index in [9.17, 15) is 8.78 Å². The standard InChI is InChI=1S/C6H4F2S3/c1-10-6-4(8)5(9)3(7)2-11-6/h2H,1H3. The quantitative estimate of drug-likeness (QED) is 0.514. The van der Waals surface area contributed by atoms with Gasteiger partial charge in [0.05, 0.1) is 4.21 Å². The molecule has 1 heterocycles. The van der Waals surface area contributed by atoms with Crippen molar-refractivity contribution in [3.63, 3.8) is 0 Å². The van der Waals surface area contributed by atoms with Crippen molar-refractivity contribution in [3.05, 3.63) is 21.5 Å². The number of halogens is 2. The molecule has 0 aliphatic rings. The van der Waals surface area contributed by atoms with Crippen molar-refractivity contribution in [3.8, 4) is 0 Å². The first-order valence-corrected chi connectivity index (χ1v) is 5.19. The number of hydrogen-bond donors (Lipinski definition) is 0. The van der Waals surface area contributed by atoms with E-state index in [4.69, 9.17) is 0 Å². The van der Waals surface area contributed by atoms with Gasteiger partial charge in [0.25, 0.3) is 0 Å². The average molecular weight is 210 g/mol. The van der Waals surface area contributed by atoms with Gasteiger partial charge in [0.15, 0.2) is 11.6 Å². The molecular formula is C6H4F2S3. The molecule has 0 spiro atoms. The molecule has 1 rings (SSSR count). The Bertz CT molecular complexity index is 318. The van der Waals surface area contributed by atoms with E-state index in [0.717, 1.165) is 11.3 Å². The highest BCUT2D eigenvalue weighted by Gasteiger charge is 2.06. The molecule has 0 aliphatic carbocycles. The molecule has 0 saturated carbocycles. The summed E-state index contributed by atoms with van der Waals surface area (Å²) in [5.74, 6) is -1.27. The highest BCUT2D eigenvalue weighted by Crippen LogP contribution is 2.25. The molecular weight excluding hydrogens is 206 g/mol. The van der Waals surface area contributed by atoms with Gasteiger partial charge in [-0.25, -0.2) is 8.78 Å². The summed E-state index contributed by atoms with van der Waals surface area (Å²) in [6.07, 6.45) is 1.72. The first-order valence-electron chi connectivity index (χ1n) is 2.67. The summed E-state index contributed by atoms with van der Waals surface area (Å²) in [4.78, 5) is 0. The van der Waals surface area contributed by atoms with Crippen LogP contribution in [0.5, 0.6) is 0 Å². The van der Waals surface area contributed by atoms with Crippen LogP contribution in [0, 0.1) is 16.1 Å². The third kappa shape index (κ3) is 1.77. The van der Waals surface area contributed by atoms with Gasteiger partial charge in [-0.1, -0.05) is 12.2 Å². The Morgan fingerprint density at radius 1 is 1.55 bits per heavy atom. The van der Waals surface area contributed by atoms with Crippen LogP contribution in [0.4, 0.5) is 8.78 Å².